The molecule has 170 valence electrons. The first kappa shape index (κ1) is 27.2. The highest BCUT2D eigenvalue weighted by atomic mass is 79.9. The van der Waals surface area contributed by atoms with E-state index in [0.717, 1.165) is 0 Å². The fourth-order valence-electron chi connectivity index (χ4n) is 3.24. The maximum atomic E-state index is 12.4. The van der Waals surface area contributed by atoms with Crippen LogP contribution in [0.1, 0.15) is 23.6 Å². The Morgan fingerprint density at radius 3 is 2.22 bits per heavy atom. The predicted octanol–water partition coefficient (Wildman–Crippen LogP) is 6.84. The van der Waals surface area contributed by atoms with E-state index in [1.165, 1.54) is 12.1 Å². The summed E-state index contributed by atoms with van der Waals surface area (Å²) >= 11 is 13.3. The van der Waals surface area contributed by atoms with Crippen LogP contribution in [0.2, 0.25) is 0 Å². The number of quaternary nitrogens is 1. The highest BCUT2D eigenvalue weighted by molar-refractivity contribution is 9.13. The number of hydrogen-bond acceptors (Lipinski definition) is 5. The van der Waals surface area contributed by atoms with Crippen molar-refractivity contribution in [3.8, 4) is 5.75 Å². The fourth-order valence-corrected chi connectivity index (χ4v) is 6.17. The largest absolute Gasteiger partial charge is 0.744 e. The van der Waals surface area contributed by atoms with Crippen molar-refractivity contribution in [3.63, 3.8) is 0 Å². The molecule has 0 radical (unpaired) electrons. The molecule has 6 nitrogen and oxygen atoms in total. The molecule has 0 saturated carbocycles. The Morgan fingerprint density at radius 2 is 1.62 bits per heavy atom. The molecule has 0 spiro atoms. The van der Waals surface area contributed by atoms with Crippen LogP contribution in [0.4, 0.5) is 0 Å². The summed E-state index contributed by atoms with van der Waals surface area (Å²) in [6.07, 6.45) is 1.60. The number of Topliss-reactive ketones (excluding diaryl/α,β-unsaturated/α-hetero) is 1. The molecule has 0 aliphatic heterocycles. The lowest BCUT2D eigenvalue weighted by atomic mass is 9.85. The van der Waals surface area contributed by atoms with Gasteiger partial charge in [-0.1, -0.05) is 18.2 Å². The molecule has 1 aliphatic rings. The van der Waals surface area contributed by atoms with Crippen LogP contribution in [0.3, 0.4) is 0 Å². The van der Waals surface area contributed by atoms with Gasteiger partial charge in [0.05, 0.1) is 22.8 Å². The standard InChI is InChI=1S/C21H14Br4O5S.H3N/c1-9-12(7-14(22)20(26)18(9)24)17(11-5-3-4-6-16(11)31(28,29)30)13-8-15(23)21(27)19(25)10(13)2;/h3-8,26H,1-2H3,(H,28,29,30);1H3/b17-13+;. The molecule has 2 aromatic rings. The molecule has 3 rings (SSSR count). The molecule has 32 heavy (non-hydrogen) atoms. The zero-order valence-electron chi connectivity index (χ0n) is 17.0. The van der Waals surface area contributed by atoms with Gasteiger partial charge >= 0.3 is 0 Å². The number of benzene rings is 2. The first-order chi connectivity index (χ1) is 14.4. The van der Waals surface area contributed by atoms with Crippen molar-refractivity contribution in [2.45, 2.75) is 18.7 Å². The van der Waals surface area contributed by atoms with Gasteiger partial charge in [0.15, 0.2) is 0 Å². The van der Waals surface area contributed by atoms with Gasteiger partial charge in [-0.25, -0.2) is 8.42 Å². The molecule has 0 atom stereocenters. The third kappa shape index (κ3) is 4.89. The van der Waals surface area contributed by atoms with Crippen molar-refractivity contribution in [3.05, 3.63) is 82.2 Å². The van der Waals surface area contributed by atoms with Gasteiger partial charge in [0.25, 0.3) is 0 Å². The Bertz CT molecular complexity index is 1340. The maximum absolute atomic E-state index is 12.4. The van der Waals surface area contributed by atoms with Crippen LogP contribution in [0.15, 0.2) is 70.4 Å². The molecule has 2 aromatic carbocycles. The van der Waals surface area contributed by atoms with Crippen LogP contribution in [0, 0.1) is 6.92 Å². The molecule has 0 amide bonds. The first-order valence-corrected chi connectivity index (χ1v) is 13.2. The molecule has 0 bridgehead atoms. The third-order valence-electron chi connectivity index (χ3n) is 4.82. The van der Waals surface area contributed by atoms with Gasteiger partial charge in [0.1, 0.15) is 15.9 Å². The first-order valence-electron chi connectivity index (χ1n) is 8.62. The third-order valence-corrected chi connectivity index (χ3v) is 8.84. The second-order valence-electron chi connectivity index (χ2n) is 6.69. The van der Waals surface area contributed by atoms with Crippen molar-refractivity contribution in [1.82, 2.24) is 6.15 Å². The number of allylic oxidation sites excluding steroid dienone is 5. The van der Waals surface area contributed by atoms with Gasteiger partial charge in [0, 0.05) is 5.56 Å². The zero-order valence-corrected chi connectivity index (χ0v) is 24.1. The highest BCUT2D eigenvalue weighted by Gasteiger charge is 2.27. The van der Waals surface area contributed by atoms with Crippen LogP contribution >= 0.6 is 63.7 Å². The quantitative estimate of drug-likeness (QED) is 0.337. The number of ketones is 1. The monoisotopic (exact) mass is 711 g/mol. The maximum Gasteiger partial charge on any atom is 0.207 e. The molecule has 5 N–H and O–H groups in total. The van der Waals surface area contributed by atoms with Gasteiger partial charge in [-0.2, -0.15) is 0 Å². The number of phenols is 1. The average molecular weight is 715 g/mol. The number of carbonyl (C=O) groups excluding carboxylic acids is 1. The van der Waals surface area contributed by atoms with E-state index < -0.39 is 10.1 Å². The number of aromatic hydroxyl groups is 1. The second kappa shape index (κ2) is 10.0. The summed E-state index contributed by atoms with van der Waals surface area (Å²) in [7, 11) is -4.81. The molecular weight excluding hydrogens is 698 g/mol. The van der Waals surface area contributed by atoms with Crippen molar-refractivity contribution < 1.29 is 22.9 Å². The molecule has 0 saturated heterocycles. The van der Waals surface area contributed by atoms with Gasteiger partial charge in [-0.15, -0.1) is 0 Å². The van der Waals surface area contributed by atoms with Crippen LogP contribution in [-0.2, 0) is 14.9 Å². The Labute approximate surface area is 219 Å². The van der Waals surface area contributed by atoms with Crippen molar-refractivity contribution in [2.24, 2.45) is 0 Å². The Kier molecular flexibility index (Phi) is 8.53. The Morgan fingerprint density at radius 1 is 1.03 bits per heavy atom. The van der Waals surface area contributed by atoms with Crippen LogP contribution in [-0.4, -0.2) is 23.9 Å². The van der Waals surface area contributed by atoms with Gasteiger partial charge < -0.3 is 15.8 Å². The van der Waals surface area contributed by atoms with E-state index in [-0.39, 0.29) is 32.6 Å². The lowest BCUT2D eigenvalue weighted by Crippen LogP contribution is -2.11. The predicted molar refractivity (Wildman–Crippen MR) is 138 cm³/mol. The van der Waals surface area contributed by atoms with Crippen molar-refractivity contribution >= 4 is 85.2 Å². The minimum absolute atomic E-state index is 0. The van der Waals surface area contributed by atoms with E-state index in [1.54, 1.807) is 38.1 Å². The summed E-state index contributed by atoms with van der Waals surface area (Å²) in [5.41, 5.74) is 2.90. The summed E-state index contributed by atoms with van der Waals surface area (Å²) in [6.45, 7) is 3.47. The molecule has 1 aliphatic carbocycles. The molecule has 11 heteroatoms. The number of carbonyl (C=O) groups is 1. The topological polar surface area (TPSA) is 131 Å². The smallest absolute Gasteiger partial charge is 0.207 e. The molecule has 0 heterocycles. The summed E-state index contributed by atoms with van der Waals surface area (Å²) in [5, 5.41) is 10.3. The lowest BCUT2D eigenvalue weighted by Gasteiger charge is -2.24. The summed E-state index contributed by atoms with van der Waals surface area (Å²) in [4.78, 5) is 12.0. The molecule has 0 unspecified atom stereocenters. The van der Waals surface area contributed by atoms with Gasteiger partial charge in [-0.3, -0.25) is 4.79 Å². The Hall–Kier alpha value is -1.08. The van der Waals surface area contributed by atoms with Gasteiger partial charge in [-0.05, 0) is 124 Å². The second-order valence-corrected chi connectivity index (χ2v) is 11.3. The van der Waals surface area contributed by atoms with Crippen LogP contribution in [0.25, 0.3) is 5.57 Å². The normalized spacial score (nSPS) is 16.0. The summed E-state index contributed by atoms with van der Waals surface area (Å²) < 4.78 is 37.6. The number of halogens is 4. The molecular formula is C21H17Br4NO5S. The number of rotatable bonds is 3. The van der Waals surface area contributed by atoms with E-state index in [1.807, 2.05) is 0 Å². The highest BCUT2D eigenvalue weighted by Crippen LogP contribution is 2.45. The van der Waals surface area contributed by atoms with Crippen LogP contribution in [0.5, 0.6) is 5.75 Å². The van der Waals surface area contributed by atoms with Crippen LogP contribution < -0.4 is 6.15 Å². The minimum atomic E-state index is -4.81. The van der Waals surface area contributed by atoms with Crippen molar-refractivity contribution in [1.29, 1.82) is 0 Å². The molecule has 0 fully saturated rings. The Balaban J connectivity index is 0.00000363. The fraction of sp³-hybridized carbons (Fsp3) is 0.0952. The SMILES string of the molecule is CC1=C(Br)C(=O)C(Br)=C/C1=C(/c1ccccc1S(=O)(=O)[O-])c1cc(Br)c(O)c(Br)c1C.[NH4+]. The van der Waals surface area contributed by atoms with E-state index in [0.29, 0.717) is 41.3 Å². The van der Waals surface area contributed by atoms with Crippen molar-refractivity contribution in [2.75, 3.05) is 0 Å². The summed E-state index contributed by atoms with van der Waals surface area (Å²) in [6, 6.07) is 7.54. The molecule has 0 aromatic heterocycles. The number of phenolic OH excluding ortho intramolecular Hbond substituents is 1. The van der Waals surface area contributed by atoms with E-state index >= 15 is 0 Å². The van der Waals surface area contributed by atoms with E-state index in [2.05, 4.69) is 63.7 Å². The lowest BCUT2D eigenvalue weighted by molar-refractivity contribution is -0.111. The van der Waals surface area contributed by atoms with E-state index in [4.69, 9.17) is 0 Å². The van der Waals surface area contributed by atoms with Gasteiger partial charge in [0.2, 0.25) is 5.78 Å². The minimum Gasteiger partial charge on any atom is -0.744 e. The zero-order chi connectivity index (χ0) is 23.2. The average Bonchev–Trinajstić information content (AvgIpc) is 2.72. The number of hydrogen-bond donors (Lipinski definition) is 2. The van der Waals surface area contributed by atoms with E-state index in [9.17, 15) is 22.9 Å². The summed E-state index contributed by atoms with van der Waals surface area (Å²) in [5.74, 6) is -0.269.